The molecule has 28 heavy (non-hydrogen) atoms. The van der Waals surface area contributed by atoms with Crippen molar-refractivity contribution in [1.29, 1.82) is 0 Å². The Hall–Kier alpha value is -2.69. The van der Waals surface area contributed by atoms with E-state index in [-0.39, 0.29) is 12.3 Å². The van der Waals surface area contributed by atoms with Gasteiger partial charge in [0.25, 0.3) is 0 Å². The monoisotopic (exact) mass is 385 g/mol. The van der Waals surface area contributed by atoms with Gasteiger partial charge in [-0.1, -0.05) is 26.0 Å². The van der Waals surface area contributed by atoms with Crippen molar-refractivity contribution in [2.75, 3.05) is 25.1 Å². The summed E-state index contributed by atoms with van der Waals surface area (Å²) < 4.78 is 17.2. The summed E-state index contributed by atoms with van der Waals surface area (Å²) in [6.07, 6.45) is 2.10. The van der Waals surface area contributed by atoms with E-state index in [1.807, 2.05) is 57.2 Å². The summed E-state index contributed by atoms with van der Waals surface area (Å²) in [7, 11) is 0. The van der Waals surface area contributed by atoms with Gasteiger partial charge in [0, 0.05) is 11.8 Å². The summed E-state index contributed by atoms with van der Waals surface area (Å²) in [5.74, 6) is 2.07. The van der Waals surface area contributed by atoms with Crippen molar-refractivity contribution in [3.63, 3.8) is 0 Å². The molecule has 0 aliphatic carbocycles. The maximum absolute atomic E-state index is 12.3. The molecule has 0 atom stereocenters. The second-order valence-corrected chi connectivity index (χ2v) is 6.77. The molecule has 5 nitrogen and oxygen atoms in total. The SMILES string of the molecule is CCCOc1ccc(NC(=O)CCOc2cc(C)ccc2C)cc1OCCC. The second kappa shape index (κ2) is 11.2. The number of hydrogen-bond acceptors (Lipinski definition) is 4. The molecule has 0 spiro atoms. The maximum Gasteiger partial charge on any atom is 0.227 e. The molecule has 0 radical (unpaired) electrons. The minimum Gasteiger partial charge on any atom is -0.493 e. The average molecular weight is 386 g/mol. The first-order valence-corrected chi connectivity index (χ1v) is 9.93. The van der Waals surface area contributed by atoms with E-state index in [4.69, 9.17) is 14.2 Å². The van der Waals surface area contributed by atoms with Crippen LogP contribution in [0.15, 0.2) is 36.4 Å². The molecule has 0 bridgehead atoms. The van der Waals surface area contributed by atoms with E-state index in [0.717, 1.165) is 29.7 Å². The van der Waals surface area contributed by atoms with Gasteiger partial charge in [-0.2, -0.15) is 0 Å². The maximum atomic E-state index is 12.3. The van der Waals surface area contributed by atoms with Gasteiger partial charge in [-0.25, -0.2) is 0 Å². The average Bonchev–Trinajstić information content (AvgIpc) is 2.68. The summed E-state index contributed by atoms with van der Waals surface area (Å²) in [5, 5.41) is 2.90. The van der Waals surface area contributed by atoms with Crippen molar-refractivity contribution in [2.24, 2.45) is 0 Å². The number of benzene rings is 2. The van der Waals surface area contributed by atoms with Crippen LogP contribution in [0, 0.1) is 13.8 Å². The highest BCUT2D eigenvalue weighted by Crippen LogP contribution is 2.31. The van der Waals surface area contributed by atoms with Gasteiger partial charge in [-0.05, 0) is 56.0 Å². The Morgan fingerprint density at radius 3 is 2.21 bits per heavy atom. The molecule has 0 unspecified atom stereocenters. The molecule has 5 heteroatoms. The van der Waals surface area contributed by atoms with Crippen molar-refractivity contribution >= 4 is 11.6 Å². The van der Waals surface area contributed by atoms with Crippen LogP contribution >= 0.6 is 0 Å². The lowest BCUT2D eigenvalue weighted by Crippen LogP contribution is -2.15. The van der Waals surface area contributed by atoms with Crippen LogP contribution in [-0.4, -0.2) is 25.7 Å². The van der Waals surface area contributed by atoms with Crippen LogP contribution in [-0.2, 0) is 4.79 Å². The lowest BCUT2D eigenvalue weighted by molar-refractivity contribution is -0.116. The topological polar surface area (TPSA) is 56.8 Å². The van der Waals surface area contributed by atoms with Crippen molar-refractivity contribution in [3.05, 3.63) is 47.5 Å². The Kier molecular flexibility index (Phi) is 8.66. The standard InChI is InChI=1S/C23H31NO4/c1-5-12-26-20-10-9-19(16-22(20)27-13-6-2)24-23(25)11-14-28-21-15-17(3)7-8-18(21)4/h7-10,15-16H,5-6,11-14H2,1-4H3,(H,24,25). The van der Waals surface area contributed by atoms with Gasteiger partial charge in [-0.3, -0.25) is 4.79 Å². The number of nitrogens with one attached hydrogen (secondary N) is 1. The third kappa shape index (κ3) is 6.80. The fourth-order valence-electron chi connectivity index (χ4n) is 2.58. The van der Waals surface area contributed by atoms with E-state index in [2.05, 4.69) is 12.2 Å². The Morgan fingerprint density at radius 1 is 0.821 bits per heavy atom. The van der Waals surface area contributed by atoms with Crippen LogP contribution in [0.4, 0.5) is 5.69 Å². The number of carbonyl (C=O) groups excluding carboxylic acids is 1. The molecule has 0 aliphatic heterocycles. The lowest BCUT2D eigenvalue weighted by Gasteiger charge is -2.14. The van der Waals surface area contributed by atoms with Gasteiger partial charge in [0.2, 0.25) is 5.91 Å². The van der Waals surface area contributed by atoms with Gasteiger partial charge >= 0.3 is 0 Å². The van der Waals surface area contributed by atoms with Crippen molar-refractivity contribution in [2.45, 2.75) is 47.0 Å². The number of carbonyl (C=O) groups is 1. The van der Waals surface area contributed by atoms with E-state index < -0.39 is 0 Å². The molecule has 0 saturated heterocycles. The molecular formula is C23H31NO4. The summed E-state index contributed by atoms with van der Waals surface area (Å²) >= 11 is 0. The summed E-state index contributed by atoms with van der Waals surface area (Å²) in [4.78, 5) is 12.3. The van der Waals surface area contributed by atoms with Crippen molar-refractivity contribution < 1.29 is 19.0 Å². The third-order valence-corrected chi connectivity index (χ3v) is 4.08. The number of ether oxygens (including phenoxy) is 3. The molecule has 0 saturated carbocycles. The molecule has 1 N–H and O–H groups in total. The van der Waals surface area contributed by atoms with Crippen molar-refractivity contribution in [3.8, 4) is 17.2 Å². The van der Waals surface area contributed by atoms with Gasteiger partial charge in [0.05, 0.1) is 26.2 Å². The summed E-state index contributed by atoms with van der Waals surface area (Å²) in [6, 6.07) is 11.5. The zero-order valence-corrected chi connectivity index (χ0v) is 17.3. The van der Waals surface area contributed by atoms with Gasteiger partial charge in [-0.15, -0.1) is 0 Å². The molecule has 2 aromatic rings. The third-order valence-electron chi connectivity index (χ3n) is 4.08. The molecule has 0 aliphatic rings. The van der Waals surface area contributed by atoms with Crippen LogP contribution in [0.25, 0.3) is 0 Å². The summed E-state index contributed by atoms with van der Waals surface area (Å²) in [5.41, 5.74) is 2.88. The zero-order chi connectivity index (χ0) is 20.4. The molecule has 0 heterocycles. The first-order chi connectivity index (χ1) is 13.5. The normalized spacial score (nSPS) is 10.4. The first-order valence-electron chi connectivity index (χ1n) is 9.93. The Balaban J connectivity index is 1.92. The van der Waals surface area contributed by atoms with E-state index >= 15 is 0 Å². The highest BCUT2D eigenvalue weighted by atomic mass is 16.5. The van der Waals surface area contributed by atoms with Gasteiger partial charge in [0.15, 0.2) is 11.5 Å². The number of anilines is 1. The smallest absolute Gasteiger partial charge is 0.227 e. The van der Waals surface area contributed by atoms with Gasteiger partial charge in [0.1, 0.15) is 5.75 Å². The predicted octanol–water partition coefficient (Wildman–Crippen LogP) is 5.29. The van der Waals surface area contributed by atoms with Crippen LogP contribution in [0.2, 0.25) is 0 Å². The Labute approximate surface area is 168 Å². The number of hydrogen-bond donors (Lipinski definition) is 1. The Bertz CT molecular complexity index is 773. The van der Waals surface area contributed by atoms with Crippen LogP contribution in [0.5, 0.6) is 17.2 Å². The lowest BCUT2D eigenvalue weighted by atomic mass is 10.1. The molecule has 0 fully saturated rings. The minimum absolute atomic E-state index is 0.103. The fourth-order valence-corrected chi connectivity index (χ4v) is 2.58. The van der Waals surface area contributed by atoms with E-state index in [1.165, 1.54) is 0 Å². The largest absolute Gasteiger partial charge is 0.493 e. The Morgan fingerprint density at radius 2 is 1.50 bits per heavy atom. The first kappa shape index (κ1) is 21.6. The van der Waals surface area contributed by atoms with Crippen LogP contribution in [0.1, 0.15) is 44.2 Å². The zero-order valence-electron chi connectivity index (χ0n) is 17.3. The fraction of sp³-hybridized carbons (Fsp3) is 0.435. The van der Waals surface area contributed by atoms with Crippen LogP contribution < -0.4 is 19.5 Å². The van der Waals surface area contributed by atoms with E-state index in [1.54, 1.807) is 0 Å². The van der Waals surface area contributed by atoms with Gasteiger partial charge < -0.3 is 19.5 Å². The van der Waals surface area contributed by atoms with Crippen molar-refractivity contribution in [1.82, 2.24) is 0 Å². The number of aryl methyl sites for hydroxylation is 2. The van der Waals surface area contributed by atoms with Crippen LogP contribution in [0.3, 0.4) is 0 Å². The summed E-state index contributed by atoms with van der Waals surface area (Å²) in [6.45, 7) is 9.68. The molecule has 2 rings (SSSR count). The molecular weight excluding hydrogens is 354 g/mol. The molecule has 152 valence electrons. The highest BCUT2D eigenvalue weighted by molar-refractivity contribution is 5.91. The minimum atomic E-state index is -0.103. The number of rotatable bonds is 11. The molecule has 1 amide bonds. The molecule has 2 aromatic carbocycles. The van der Waals surface area contributed by atoms with E-state index in [9.17, 15) is 4.79 Å². The molecule has 0 aromatic heterocycles. The quantitative estimate of drug-likeness (QED) is 0.571. The number of amides is 1. The second-order valence-electron chi connectivity index (χ2n) is 6.77. The highest BCUT2D eigenvalue weighted by Gasteiger charge is 2.10. The van der Waals surface area contributed by atoms with E-state index in [0.29, 0.717) is 37.0 Å². The predicted molar refractivity (Wildman–Crippen MR) is 113 cm³/mol.